The minimum absolute atomic E-state index is 0.390. The Labute approximate surface area is 71.1 Å². The van der Waals surface area contributed by atoms with Crippen molar-refractivity contribution in [3.8, 4) is 0 Å². The summed E-state index contributed by atoms with van der Waals surface area (Å²) in [5, 5.41) is 0. The Kier molecular flexibility index (Phi) is 6.63. The van der Waals surface area contributed by atoms with E-state index in [0.717, 1.165) is 19.4 Å². The number of ether oxygens (including phenoxy) is 1. The minimum Gasteiger partial charge on any atom is -0.378 e. The van der Waals surface area contributed by atoms with Gasteiger partial charge in [-0.3, -0.25) is 0 Å². The quantitative estimate of drug-likeness (QED) is 0.576. The van der Waals surface area contributed by atoms with Crippen LogP contribution in [0.2, 0.25) is 0 Å². The zero-order chi connectivity index (χ0) is 8.69. The molecule has 11 heavy (non-hydrogen) atoms. The maximum Gasteiger partial charge on any atom is 0.0547 e. The van der Waals surface area contributed by atoms with E-state index in [-0.39, 0.29) is 0 Å². The lowest BCUT2D eigenvalue weighted by Crippen LogP contribution is -2.13. The van der Waals surface area contributed by atoms with Crippen LogP contribution in [0, 0.1) is 12.8 Å². The second kappa shape index (κ2) is 6.66. The fourth-order valence-electron chi connectivity index (χ4n) is 0.817. The summed E-state index contributed by atoms with van der Waals surface area (Å²) in [5.74, 6) is 0.697. The molecule has 2 atom stereocenters. The van der Waals surface area contributed by atoms with Gasteiger partial charge < -0.3 is 4.74 Å². The predicted octanol–water partition coefficient (Wildman–Crippen LogP) is 3.05. The van der Waals surface area contributed by atoms with E-state index in [9.17, 15) is 0 Å². The Morgan fingerprint density at radius 3 is 2.45 bits per heavy atom. The molecule has 0 aromatic heterocycles. The van der Waals surface area contributed by atoms with Crippen molar-refractivity contribution in [2.45, 2.75) is 46.1 Å². The molecule has 0 aliphatic rings. The van der Waals surface area contributed by atoms with Gasteiger partial charge in [-0.25, -0.2) is 0 Å². The smallest absolute Gasteiger partial charge is 0.0547 e. The highest BCUT2D eigenvalue weighted by molar-refractivity contribution is 4.54. The number of hydrogen-bond donors (Lipinski definition) is 0. The van der Waals surface area contributed by atoms with Crippen LogP contribution in [0.3, 0.4) is 0 Å². The van der Waals surface area contributed by atoms with Gasteiger partial charge in [-0.2, -0.15) is 0 Å². The second-order valence-corrected chi connectivity index (χ2v) is 3.30. The highest BCUT2D eigenvalue weighted by Crippen LogP contribution is 2.06. The Bertz CT molecular complexity index is 80.9. The fourth-order valence-corrected chi connectivity index (χ4v) is 0.817. The average Bonchev–Trinajstić information content (AvgIpc) is 2.01. The first kappa shape index (κ1) is 11.0. The van der Waals surface area contributed by atoms with E-state index >= 15 is 0 Å². The summed E-state index contributed by atoms with van der Waals surface area (Å²) in [6, 6.07) is 0. The van der Waals surface area contributed by atoms with E-state index in [1.54, 1.807) is 0 Å². The normalized spacial score (nSPS) is 16.4. The minimum atomic E-state index is 0.390. The van der Waals surface area contributed by atoms with E-state index in [1.165, 1.54) is 6.42 Å². The molecular formula is C10H21O. The van der Waals surface area contributed by atoms with E-state index in [2.05, 4.69) is 27.7 Å². The summed E-state index contributed by atoms with van der Waals surface area (Å²) in [6.45, 7) is 11.2. The van der Waals surface area contributed by atoms with Gasteiger partial charge in [0.25, 0.3) is 0 Å². The molecule has 0 aromatic rings. The van der Waals surface area contributed by atoms with Crippen molar-refractivity contribution in [2.24, 2.45) is 5.92 Å². The fraction of sp³-hybridized carbons (Fsp3) is 0.900. The van der Waals surface area contributed by atoms with Crippen molar-refractivity contribution in [3.63, 3.8) is 0 Å². The largest absolute Gasteiger partial charge is 0.378 e. The van der Waals surface area contributed by atoms with Crippen LogP contribution in [0.1, 0.15) is 40.0 Å². The molecule has 0 aromatic carbocycles. The summed E-state index contributed by atoms with van der Waals surface area (Å²) in [5.41, 5.74) is 0. The van der Waals surface area contributed by atoms with Crippen LogP contribution in [0.4, 0.5) is 0 Å². The van der Waals surface area contributed by atoms with Crippen LogP contribution in [-0.2, 0) is 4.74 Å². The average molecular weight is 157 g/mol. The van der Waals surface area contributed by atoms with Crippen molar-refractivity contribution in [2.75, 3.05) is 6.61 Å². The molecule has 0 aliphatic carbocycles. The van der Waals surface area contributed by atoms with Gasteiger partial charge in [0, 0.05) is 6.61 Å². The highest BCUT2D eigenvalue weighted by atomic mass is 16.5. The Hall–Kier alpha value is -0.0400. The van der Waals surface area contributed by atoms with Gasteiger partial charge in [-0.05, 0) is 19.3 Å². The van der Waals surface area contributed by atoms with Crippen LogP contribution in [0.15, 0.2) is 0 Å². The molecular weight excluding hydrogens is 136 g/mol. The molecule has 0 spiro atoms. The van der Waals surface area contributed by atoms with E-state index < -0.39 is 0 Å². The molecule has 2 unspecified atom stereocenters. The standard InChI is InChI=1S/C10H21O/c1-5-7-10(4)11-8-9(3)6-2/h9-10H,1,5-8H2,2-4H3. The van der Waals surface area contributed by atoms with Crippen LogP contribution in [0.25, 0.3) is 0 Å². The van der Waals surface area contributed by atoms with Crippen molar-refractivity contribution < 1.29 is 4.74 Å². The molecule has 0 saturated heterocycles. The van der Waals surface area contributed by atoms with Crippen molar-refractivity contribution in [1.29, 1.82) is 0 Å². The van der Waals surface area contributed by atoms with Gasteiger partial charge in [0.05, 0.1) is 6.10 Å². The zero-order valence-corrected chi connectivity index (χ0v) is 8.10. The molecule has 0 amide bonds. The first-order valence-corrected chi connectivity index (χ1v) is 4.61. The summed E-state index contributed by atoms with van der Waals surface area (Å²) in [7, 11) is 0. The predicted molar refractivity (Wildman–Crippen MR) is 49.5 cm³/mol. The third-order valence-corrected chi connectivity index (χ3v) is 1.97. The summed E-state index contributed by atoms with van der Waals surface area (Å²) < 4.78 is 5.60. The first-order chi connectivity index (χ1) is 5.20. The van der Waals surface area contributed by atoms with Gasteiger partial charge in [0.2, 0.25) is 0 Å². The second-order valence-electron chi connectivity index (χ2n) is 3.30. The third-order valence-electron chi connectivity index (χ3n) is 1.97. The molecule has 67 valence electrons. The maximum atomic E-state index is 5.60. The SMILES string of the molecule is [CH2]CCC(C)OCC(C)CC. The Balaban J connectivity index is 3.22. The monoisotopic (exact) mass is 157 g/mol. The van der Waals surface area contributed by atoms with Crippen molar-refractivity contribution >= 4 is 0 Å². The van der Waals surface area contributed by atoms with Crippen LogP contribution >= 0.6 is 0 Å². The molecule has 0 N–H and O–H groups in total. The van der Waals surface area contributed by atoms with Gasteiger partial charge in [-0.1, -0.05) is 33.6 Å². The first-order valence-electron chi connectivity index (χ1n) is 4.61. The highest BCUT2D eigenvalue weighted by Gasteiger charge is 2.03. The molecule has 0 bridgehead atoms. The van der Waals surface area contributed by atoms with Crippen molar-refractivity contribution in [3.05, 3.63) is 6.92 Å². The van der Waals surface area contributed by atoms with Gasteiger partial charge in [-0.15, -0.1) is 0 Å². The van der Waals surface area contributed by atoms with E-state index in [1.807, 2.05) is 0 Å². The number of rotatable bonds is 6. The summed E-state index contributed by atoms with van der Waals surface area (Å²) in [4.78, 5) is 0. The van der Waals surface area contributed by atoms with Gasteiger partial charge in [0.15, 0.2) is 0 Å². The van der Waals surface area contributed by atoms with Gasteiger partial charge >= 0.3 is 0 Å². The summed E-state index contributed by atoms with van der Waals surface area (Å²) >= 11 is 0. The maximum absolute atomic E-state index is 5.60. The van der Waals surface area contributed by atoms with Crippen LogP contribution in [-0.4, -0.2) is 12.7 Å². The Morgan fingerprint density at radius 2 is 2.00 bits per heavy atom. The van der Waals surface area contributed by atoms with Crippen LogP contribution in [0.5, 0.6) is 0 Å². The molecule has 1 nitrogen and oxygen atoms in total. The molecule has 0 saturated carbocycles. The van der Waals surface area contributed by atoms with Gasteiger partial charge in [0.1, 0.15) is 0 Å². The lowest BCUT2D eigenvalue weighted by molar-refractivity contribution is 0.0387. The lowest BCUT2D eigenvalue weighted by Gasteiger charge is -2.14. The third kappa shape index (κ3) is 6.36. The van der Waals surface area contributed by atoms with Crippen molar-refractivity contribution in [1.82, 2.24) is 0 Å². The zero-order valence-electron chi connectivity index (χ0n) is 8.10. The van der Waals surface area contributed by atoms with E-state index in [4.69, 9.17) is 4.74 Å². The molecule has 0 aliphatic heterocycles. The Morgan fingerprint density at radius 1 is 1.36 bits per heavy atom. The lowest BCUT2D eigenvalue weighted by atomic mass is 10.1. The topological polar surface area (TPSA) is 9.23 Å². The molecule has 1 heteroatoms. The molecule has 0 fully saturated rings. The molecule has 0 heterocycles. The summed E-state index contributed by atoms with van der Waals surface area (Å²) in [6.07, 6.45) is 3.65. The molecule has 0 rings (SSSR count). The van der Waals surface area contributed by atoms with E-state index in [0.29, 0.717) is 12.0 Å². The van der Waals surface area contributed by atoms with Crippen LogP contribution < -0.4 is 0 Å². The molecule has 1 radical (unpaired) electrons. The number of hydrogen-bond acceptors (Lipinski definition) is 1.